The fraction of sp³-hybridized carbons (Fsp3) is 0.857. The molecule has 0 bridgehead atoms. The summed E-state index contributed by atoms with van der Waals surface area (Å²) >= 11 is 0. The molecular weight excluding hydrogens is 203 g/mol. The normalized spacial score (nSPS) is 3.57. The fourth-order valence-electron chi connectivity index (χ4n) is 0. The minimum atomic E-state index is -0.736. The van der Waals surface area contributed by atoms with Gasteiger partial charge in [0, 0.05) is 0 Å². The minimum absolute atomic E-state index is 0. The van der Waals surface area contributed by atoms with Crippen LogP contribution in [-0.2, 0) is 14.5 Å². The van der Waals surface area contributed by atoms with Crippen LogP contribution in [0.2, 0.25) is 0 Å². The molecule has 0 aromatic carbocycles. The van der Waals surface area contributed by atoms with Crippen LogP contribution in [-0.4, -0.2) is 23.5 Å². The largest absolute Gasteiger partial charge is 1.00 e. The molecule has 0 saturated carbocycles. The maximum atomic E-state index is 8.55. The molecule has 0 aromatic heterocycles. The molecule has 0 radical (unpaired) electrons. The van der Waals surface area contributed by atoms with Gasteiger partial charge in [0.15, 0.2) is 0 Å². The molecule has 0 fully saturated rings. The second-order valence-corrected chi connectivity index (χ2v) is 0.330. The Morgan fingerprint density at radius 2 is 1.29 bits per heavy atom. The summed E-state index contributed by atoms with van der Waals surface area (Å²) in [5.41, 5.74) is 0. The van der Waals surface area contributed by atoms with E-state index in [1.165, 1.54) is 0 Å². The number of hydrogen-bond donors (Lipinski definition) is 1. The Balaban J connectivity index is -0.00000000908. The van der Waals surface area contributed by atoms with Crippen LogP contribution in [0.4, 0.5) is 0 Å². The number of carbonyl (C=O) groups excluding carboxylic acids is 2. The van der Waals surface area contributed by atoms with Crippen LogP contribution < -0.4 is 34.8 Å². The fourth-order valence-corrected chi connectivity index (χ4v) is 0. The average molecular weight is 224 g/mol. The van der Waals surface area contributed by atoms with E-state index in [-0.39, 0.29) is 48.6 Å². The van der Waals surface area contributed by atoms with Gasteiger partial charge in [0.05, 0.1) is 0 Å². The van der Waals surface area contributed by atoms with E-state index in [1.807, 2.05) is 27.7 Å². The van der Waals surface area contributed by atoms with Gasteiger partial charge in [-0.1, -0.05) is 35.1 Å². The first-order valence-electron chi connectivity index (χ1n) is 3.18. The van der Waals surface area contributed by atoms with Gasteiger partial charge in [-0.15, -0.1) is 0 Å². The standard InChI is InChI=1S/2C2H6.CH4O3.CO2.CH4.Na.H2O/c2*1-2;2-1-4-3;2-1-3;;;/h2*1-2H3;2-3H,1H2;;1H4;;1H2/q;;;;;+1;/p-1. The monoisotopic (exact) mass is 224 g/mol. The topological polar surface area (TPSA) is 118 Å². The van der Waals surface area contributed by atoms with Gasteiger partial charge in [0.25, 0.3) is 0 Å². The average Bonchev–Trinajstić information content (AvgIpc) is 2.12. The van der Waals surface area contributed by atoms with Crippen LogP contribution in [0.5, 0.6) is 0 Å². The van der Waals surface area contributed by atoms with Crippen molar-refractivity contribution in [2.24, 2.45) is 0 Å². The van der Waals surface area contributed by atoms with Crippen molar-refractivity contribution < 1.29 is 59.9 Å². The molecule has 0 heterocycles. The van der Waals surface area contributed by atoms with Gasteiger partial charge in [-0.3, -0.25) is 0 Å². The molecule has 0 rings (SSSR count). The predicted octanol–water partition coefficient (Wildman–Crippen LogP) is -3.49. The summed E-state index contributed by atoms with van der Waals surface area (Å²) in [6, 6.07) is 0. The van der Waals surface area contributed by atoms with E-state index in [2.05, 4.69) is 4.89 Å². The van der Waals surface area contributed by atoms with Crippen LogP contribution >= 0.6 is 0 Å². The van der Waals surface area contributed by atoms with E-state index in [0.717, 1.165) is 0 Å². The molecule has 3 N–H and O–H groups in total. The molecule has 6 nitrogen and oxygen atoms in total. The van der Waals surface area contributed by atoms with Crippen LogP contribution in [0.25, 0.3) is 0 Å². The smallest absolute Gasteiger partial charge is 0.722 e. The van der Waals surface area contributed by atoms with Crippen molar-refractivity contribution in [3.05, 3.63) is 0 Å². The van der Waals surface area contributed by atoms with E-state index in [0.29, 0.717) is 0 Å². The van der Waals surface area contributed by atoms with Crippen molar-refractivity contribution in [2.75, 3.05) is 6.79 Å². The first-order valence-corrected chi connectivity index (χ1v) is 3.18. The van der Waals surface area contributed by atoms with E-state index in [1.54, 1.807) is 0 Å². The summed E-state index contributed by atoms with van der Waals surface area (Å²) < 4.78 is 0. The molecule has 86 valence electrons. The Kier molecular flexibility index (Phi) is 648. The van der Waals surface area contributed by atoms with E-state index in [4.69, 9.17) is 20.0 Å². The van der Waals surface area contributed by atoms with Gasteiger partial charge in [-0.25, -0.2) is 0 Å². The van der Waals surface area contributed by atoms with Crippen molar-refractivity contribution in [1.82, 2.24) is 0 Å². The molecular formula is C7H21NaO6. The maximum absolute atomic E-state index is 8.55. The van der Waals surface area contributed by atoms with Crippen molar-refractivity contribution in [1.29, 1.82) is 0 Å². The van der Waals surface area contributed by atoms with Crippen molar-refractivity contribution >= 4 is 6.15 Å². The van der Waals surface area contributed by atoms with Gasteiger partial charge in [-0.2, -0.15) is 9.59 Å². The third-order valence-electron chi connectivity index (χ3n) is 0.0527. The van der Waals surface area contributed by atoms with Crippen LogP contribution in [0, 0.1) is 0 Å². The number of hydrogen-bond acceptors (Lipinski definition) is 5. The minimum Gasteiger partial charge on any atom is -0.722 e. The molecule has 0 aliphatic carbocycles. The SMILES string of the molecule is C.CC.CC.O.O=C=O.[Na+].[O-]OCO. The Morgan fingerprint density at radius 3 is 1.29 bits per heavy atom. The quantitative estimate of drug-likeness (QED) is 0.215. The second-order valence-electron chi connectivity index (χ2n) is 0.330. The van der Waals surface area contributed by atoms with Gasteiger partial charge in [0.1, 0.15) is 6.79 Å². The van der Waals surface area contributed by atoms with Crippen LogP contribution in [0.3, 0.4) is 0 Å². The summed E-state index contributed by atoms with van der Waals surface area (Å²) in [7, 11) is 0. The third-order valence-corrected chi connectivity index (χ3v) is 0.0527. The van der Waals surface area contributed by atoms with Crippen molar-refractivity contribution in [2.45, 2.75) is 35.1 Å². The second kappa shape index (κ2) is 190. The van der Waals surface area contributed by atoms with Crippen molar-refractivity contribution in [3.8, 4) is 0 Å². The number of aliphatic hydroxyl groups excluding tert-OH is 1. The zero-order valence-electron chi connectivity index (χ0n) is 8.79. The Labute approximate surface area is 108 Å². The number of rotatable bonds is 1. The molecule has 0 atom stereocenters. The Hall–Kier alpha value is 0.220. The first-order chi connectivity index (χ1) is 5.33. The van der Waals surface area contributed by atoms with Crippen LogP contribution in [0.15, 0.2) is 0 Å². The molecule has 7 heteroatoms. The predicted molar refractivity (Wildman–Crippen MR) is 46.2 cm³/mol. The van der Waals surface area contributed by atoms with Gasteiger partial charge in [0.2, 0.25) is 0 Å². The number of aliphatic hydroxyl groups is 1. The van der Waals surface area contributed by atoms with Gasteiger partial charge in [-0.05, 0) is 0 Å². The zero-order chi connectivity index (χ0) is 10.1. The summed E-state index contributed by atoms with van der Waals surface area (Å²) in [6.45, 7) is 7.26. The molecule has 14 heavy (non-hydrogen) atoms. The molecule has 0 aliphatic rings. The van der Waals surface area contributed by atoms with Crippen molar-refractivity contribution in [3.63, 3.8) is 0 Å². The molecule has 0 unspecified atom stereocenters. The molecule has 0 spiro atoms. The summed E-state index contributed by atoms with van der Waals surface area (Å²) in [5.74, 6) is 0. The van der Waals surface area contributed by atoms with Gasteiger partial charge >= 0.3 is 35.7 Å². The summed E-state index contributed by atoms with van der Waals surface area (Å²) in [6.07, 6.45) is 0.250. The zero-order valence-corrected chi connectivity index (χ0v) is 10.8. The molecule has 0 aliphatic heterocycles. The summed E-state index contributed by atoms with van der Waals surface area (Å²) in [5, 5.41) is 15.9. The third kappa shape index (κ3) is 1030. The molecule has 0 aromatic rings. The maximum Gasteiger partial charge on any atom is 1.00 e. The molecule has 0 amide bonds. The first kappa shape index (κ1) is 47.7. The molecule has 0 saturated heterocycles. The summed E-state index contributed by atoms with van der Waals surface area (Å²) in [4.78, 5) is 19.1. The van der Waals surface area contributed by atoms with Crippen LogP contribution in [0.1, 0.15) is 35.1 Å². The Bertz CT molecular complexity index is 54.1. The van der Waals surface area contributed by atoms with E-state index in [9.17, 15) is 0 Å². The Morgan fingerprint density at radius 1 is 1.21 bits per heavy atom. The van der Waals surface area contributed by atoms with E-state index >= 15 is 0 Å². The van der Waals surface area contributed by atoms with E-state index < -0.39 is 6.79 Å². The van der Waals surface area contributed by atoms with Gasteiger partial charge < -0.3 is 20.7 Å².